The molecule has 1 saturated carbocycles. The third-order valence-electron chi connectivity index (χ3n) is 4.51. The number of anilines is 1. The van der Waals surface area contributed by atoms with Crippen molar-refractivity contribution < 1.29 is 4.39 Å². The molecular formula is C15H18FN3. The van der Waals surface area contributed by atoms with Crippen molar-refractivity contribution in [2.75, 3.05) is 18.0 Å². The van der Waals surface area contributed by atoms with E-state index in [1.54, 1.807) is 6.07 Å². The highest BCUT2D eigenvalue weighted by atomic mass is 19.1. The second kappa shape index (κ2) is 4.82. The Hall–Kier alpha value is -1.60. The van der Waals surface area contributed by atoms with E-state index in [1.807, 2.05) is 0 Å². The quantitative estimate of drug-likeness (QED) is 0.841. The Bertz CT molecular complexity index is 523. The largest absolute Gasteiger partial charge is 0.370 e. The zero-order valence-electron chi connectivity index (χ0n) is 10.8. The third-order valence-corrected chi connectivity index (χ3v) is 4.51. The molecule has 0 bridgehead atoms. The second-order valence-corrected chi connectivity index (χ2v) is 5.77. The molecule has 2 aliphatic rings. The number of nitriles is 1. The van der Waals surface area contributed by atoms with Gasteiger partial charge in [0.2, 0.25) is 0 Å². The van der Waals surface area contributed by atoms with E-state index in [9.17, 15) is 4.39 Å². The highest BCUT2D eigenvalue weighted by Gasteiger charge is 2.37. The van der Waals surface area contributed by atoms with E-state index >= 15 is 0 Å². The highest BCUT2D eigenvalue weighted by Crippen LogP contribution is 2.38. The Morgan fingerprint density at radius 3 is 2.84 bits per heavy atom. The standard InChI is InChI=1S/C15H18FN3/c16-13-2-4-15(11(5-13)7-17)19-8-10-1-3-14(18)6-12(10)9-19/h2,4-5,10,12,14H,1,3,6,8-9,18H2/t10-,12+,14?/m1/s1. The summed E-state index contributed by atoms with van der Waals surface area (Å²) in [7, 11) is 0. The van der Waals surface area contributed by atoms with Crippen LogP contribution in [-0.4, -0.2) is 19.1 Å². The number of fused-ring (bicyclic) bond motifs is 1. The minimum absolute atomic E-state index is 0.324. The van der Waals surface area contributed by atoms with Gasteiger partial charge in [-0.2, -0.15) is 5.26 Å². The molecule has 0 amide bonds. The zero-order chi connectivity index (χ0) is 13.4. The van der Waals surface area contributed by atoms with Gasteiger partial charge in [-0.1, -0.05) is 0 Å². The Balaban J connectivity index is 1.83. The molecule has 1 aromatic carbocycles. The van der Waals surface area contributed by atoms with Crippen molar-refractivity contribution in [3.05, 3.63) is 29.6 Å². The molecule has 3 rings (SSSR count). The summed E-state index contributed by atoms with van der Waals surface area (Å²) in [5, 5.41) is 9.14. The number of nitrogens with two attached hydrogens (primary N) is 1. The van der Waals surface area contributed by atoms with Gasteiger partial charge in [-0.15, -0.1) is 0 Å². The molecule has 100 valence electrons. The van der Waals surface area contributed by atoms with Crippen LogP contribution in [0.4, 0.5) is 10.1 Å². The van der Waals surface area contributed by atoms with E-state index in [-0.39, 0.29) is 5.82 Å². The summed E-state index contributed by atoms with van der Waals surface area (Å²) < 4.78 is 13.2. The average Bonchev–Trinajstić information content (AvgIpc) is 2.81. The monoisotopic (exact) mass is 259 g/mol. The van der Waals surface area contributed by atoms with Crippen LogP contribution in [0.3, 0.4) is 0 Å². The molecule has 1 aromatic rings. The van der Waals surface area contributed by atoms with E-state index in [1.165, 1.54) is 18.6 Å². The number of benzene rings is 1. The molecule has 0 spiro atoms. The molecule has 3 atom stereocenters. The molecule has 4 heteroatoms. The molecule has 0 aromatic heterocycles. The van der Waals surface area contributed by atoms with Crippen molar-refractivity contribution in [1.29, 1.82) is 5.26 Å². The highest BCUT2D eigenvalue weighted by molar-refractivity contribution is 5.60. The lowest BCUT2D eigenvalue weighted by Crippen LogP contribution is -2.32. The van der Waals surface area contributed by atoms with Crippen LogP contribution in [-0.2, 0) is 0 Å². The summed E-state index contributed by atoms with van der Waals surface area (Å²) in [6, 6.07) is 6.91. The number of hydrogen-bond donors (Lipinski definition) is 1. The van der Waals surface area contributed by atoms with Crippen LogP contribution in [0.15, 0.2) is 18.2 Å². The summed E-state index contributed by atoms with van der Waals surface area (Å²) in [5.41, 5.74) is 7.33. The van der Waals surface area contributed by atoms with E-state index in [0.717, 1.165) is 31.6 Å². The topological polar surface area (TPSA) is 53.0 Å². The first-order valence-corrected chi connectivity index (χ1v) is 6.87. The van der Waals surface area contributed by atoms with Crippen LogP contribution in [0, 0.1) is 29.0 Å². The number of halogens is 1. The normalized spacial score (nSPS) is 29.9. The van der Waals surface area contributed by atoms with Gasteiger partial charge in [-0.25, -0.2) is 4.39 Å². The fourth-order valence-electron chi connectivity index (χ4n) is 3.54. The lowest BCUT2D eigenvalue weighted by molar-refractivity contribution is 0.271. The summed E-state index contributed by atoms with van der Waals surface area (Å²) in [4.78, 5) is 2.23. The summed E-state index contributed by atoms with van der Waals surface area (Å²) in [6.07, 6.45) is 3.35. The Kier molecular flexibility index (Phi) is 3.16. The first-order chi connectivity index (χ1) is 9.17. The van der Waals surface area contributed by atoms with E-state index in [2.05, 4.69) is 11.0 Å². The van der Waals surface area contributed by atoms with Crippen molar-refractivity contribution in [2.24, 2.45) is 17.6 Å². The maximum absolute atomic E-state index is 13.2. The van der Waals surface area contributed by atoms with Crippen molar-refractivity contribution in [1.82, 2.24) is 0 Å². The molecule has 2 N–H and O–H groups in total. The molecule has 1 unspecified atom stereocenters. The lowest BCUT2D eigenvalue weighted by Gasteiger charge is -2.27. The predicted molar refractivity (Wildman–Crippen MR) is 72.1 cm³/mol. The van der Waals surface area contributed by atoms with Gasteiger partial charge in [0, 0.05) is 19.1 Å². The molecule has 19 heavy (non-hydrogen) atoms. The van der Waals surface area contributed by atoms with Gasteiger partial charge in [-0.05, 0) is 49.3 Å². The molecular weight excluding hydrogens is 241 g/mol. The Labute approximate surface area is 112 Å². The maximum Gasteiger partial charge on any atom is 0.124 e. The number of hydrogen-bond acceptors (Lipinski definition) is 3. The van der Waals surface area contributed by atoms with Gasteiger partial charge >= 0.3 is 0 Å². The molecule has 2 fully saturated rings. The van der Waals surface area contributed by atoms with Gasteiger partial charge < -0.3 is 10.6 Å². The van der Waals surface area contributed by atoms with Gasteiger partial charge in [-0.3, -0.25) is 0 Å². The van der Waals surface area contributed by atoms with Crippen molar-refractivity contribution >= 4 is 5.69 Å². The third kappa shape index (κ3) is 2.31. The van der Waals surface area contributed by atoms with Crippen LogP contribution < -0.4 is 10.6 Å². The smallest absolute Gasteiger partial charge is 0.124 e. The molecule has 1 heterocycles. The Morgan fingerprint density at radius 2 is 2.05 bits per heavy atom. The van der Waals surface area contributed by atoms with Crippen LogP contribution in [0.5, 0.6) is 0 Å². The molecule has 1 aliphatic heterocycles. The van der Waals surface area contributed by atoms with Crippen LogP contribution >= 0.6 is 0 Å². The molecule has 0 radical (unpaired) electrons. The zero-order valence-corrected chi connectivity index (χ0v) is 10.8. The molecule has 1 saturated heterocycles. The minimum atomic E-state index is -0.348. The van der Waals surface area contributed by atoms with Gasteiger partial charge in [0.15, 0.2) is 0 Å². The van der Waals surface area contributed by atoms with Gasteiger partial charge in [0.25, 0.3) is 0 Å². The van der Waals surface area contributed by atoms with Crippen molar-refractivity contribution in [3.8, 4) is 6.07 Å². The average molecular weight is 259 g/mol. The van der Waals surface area contributed by atoms with Gasteiger partial charge in [0.1, 0.15) is 11.9 Å². The van der Waals surface area contributed by atoms with Gasteiger partial charge in [0.05, 0.1) is 11.3 Å². The van der Waals surface area contributed by atoms with E-state index < -0.39 is 0 Å². The van der Waals surface area contributed by atoms with Crippen LogP contribution in [0.2, 0.25) is 0 Å². The number of nitrogens with zero attached hydrogens (tertiary/aromatic N) is 2. The number of rotatable bonds is 1. The minimum Gasteiger partial charge on any atom is -0.370 e. The van der Waals surface area contributed by atoms with E-state index in [4.69, 9.17) is 11.0 Å². The first-order valence-electron chi connectivity index (χ1n) is 6.87. The first kappa shape index (κ1) is 12.4. The SMILES string of the molecule is N#Cc1cc(F)ccc1N1C[C@H]2CCC(N)C[C@H]2C1. The fraction of sp³-hybridized carbons (Fsp3) is 0.533. The lowest BCUT2D eigenvalue weighted by atomic mass is 9.79. The van der Waals surface area contributed by atoms with E-state index in [0.29, 0.717) is 23.4 Å². The summed E-state index contributed by atoms with van der Waals surface area (Å²) in [6.45, 7) is 1.91. The van der Waals surface area contributed by atoms with Crippen molar-refractivity contribution in [2.45, 2.75) is 25.3 Å². The van der Waals surface area contributed by atoms with Crippen LogP contribution in [0.1, 0.15) is 24.8 Å². The molecule has 3 nitrogen and oxygen atoms in total. The molecule has 1 aliphatic carbocycles. The second-order valence-electron chi connectivity index (χ2n) is 5.77. The van der Waals surface area contributed by atoms with Crippen LogP contribution in [0.25, 0.3) is 0 Å². The fourth-order valence-corrected chi connectivity index (χ4v) is 3.54. The maximum atomic E-state index is 13.2. The summed E-state index contributed by atoms with van der Waals surface area (Å²) >= 11 is 0. The predicted octanol–water partition coefficient (Wildman–Crippen LogP) is 2.26. The summed E-state index contributed by atoms with van der Waals surface area (Å²) in [5.74, 6) is 0.954. The van der Waals surface area contributed by atoms with Crippen molar-refractivity contribution in [3.63, 3.8) is 0 Å². The Morgan fingerprint density at radius 1 is 1.26 bits per heavy atom.